The Morgan fingerprint density at radius 1 is 1.47 bits per heavy atom. The second-order valence-electron chi connectivity index (χ2n) is 3.77. The van der Waals surface area contributed by atoms with Gasteiger partial charge in [-0.25, -0.2) is 0 Å². The first-order valence-electron chi connectivity index (χ1n) is 5.41. The van der Waals surface area contributed by atoms with Crippen LogP contribution >= 0.6 is 0 Å². The lowest BCUT2D eigenvalue weighted by Gasteiger charge is -1.98. The molecule has 0 unspecified atom stereocenters. The van der Waals surface area contributed by atoms with Crippen LogP contribution in [-0.2, 0) is 20.0 Å². The van der Waals surface area contributed by atoms with Gasteiger partial charge in [-0.05, 0) is 6.42 Å². The van der Waals surface area contributed by atoms with E-state index in [0.717, 1.165) is 18.5 Å². The molecule has 0 radical (unpaired) electrons. The first-order chi connectivity index (χ1) is 8.19. The van der Waals surface area contributed by atoms with Crippen LogP contribution in [0.1, 0.15) is 19.0 Å². The van der Waals surface area contributed by atoms with E-state index in [0.29, 0.717) is 11.0 Å². The number of fused-ring (bicyclic) bond motifs is 1. The standard InChI is InChI=1S/C11H13N5O/c1-4-6-8-9-10(15(3)13-8)11(17)16(7-5-2)14-12-9/h2H,4,6-7H2,1,3H3. The number of aromatic nitrogens is 5. The SMILES string of the molecule is C#CCn1nnc2c(CCC)nn(C)c2c1=O. The Bertz CT molecular complexity index is 646. The molecule has 0 aliphatic carbocycles. The van der Waals surface area contributed by atoms with E-state index < -0.39 is 0 Å². The number of rotatable bonds is 3. The van der Waals surface area contributed by atoms with Gasteiger partial charge in [0.25, 0.3) is 5.56 Å². The largest absolute Gasteiger partial charge is 0.296 e. The monoisotopic (exact) mass is 231 g/mol. The molecule has 0 atom stereocenters. The maximum Gasteiger partial charge on any atom is 0.296 e. The van der Waals surface area contributed by atoms with Gasteiger partial charge in [0.1, 0.15) is 12.1 Å². The smallest absolute Gasteiger partial charge is 0.265 e. The van der Waals surface area contributed by atoms with Crippen molar-refractivity contribution in [3.05, 3.63) is 16.0 Å². The quantitative estimate of drug-likeness (QED) is 0.703. The molecule has 88 valence electrons. The molecule has 0 amide bonds. The van der Waals surface area contributed by atoms with Gasteiger partial charge in [0.05, 0.1) is 5.69 Å². The Balaban J connectivity index is 2.71. The molecule has 0 bridgehead atoms. The van der Waals surface area contributed by atoms with E-state index in [4.69, 9.17) is 6.42 Å². The van der Waals surface area contributed by atoms with E-state index in [-0.39, 0.29) is 12.1 Å². The highest BCUT2D eigenvalue weighted by molar-refractivity contribution is 5.75. The molecule has 0 aliphatic heterocycles. The van der Waals surface area contributed by atoms with Gasteiger partial charge in [-0.1, -0.05) is 24.5 Å². The summed E-state index contributed by atoms with van der Waals surface area (Å²) in [4.78, 5) is 12.1. The minimum Gasteiger partial charge on any atom is -0.265 e. The van der Waals surface area contributed by atoms with E-state index in [1.54, 1.807) is 11.7 Å². The first-order valence-corrected chi connectivity index (χ1v) is 5.41. The summed E-state index contributed by atoms with van der Waals surface area (Å²) in [6.45, 7) is 2.17. The highest BCUT2D eigenvalue weighted by Gasteiger charge is 2.14. The summed E-state index contributed by atoms with van der Waals surface area (Å²) >= 11 is 0. The number of hydrogen-bond acceptors (Lipinski definition) is 4. The van der Waals surface area contributed by atoms with Crippen LogP contribution in [0.2, 0.25) is 0 Å². The van der Waals surface area contributed by atoms with Crippen LogP contribution in [0.15, 0.2) is 4.79 Å². The molecule has 0 aromatic carbocycles. The van der Waals surface area contributed by atoms with Crippen molar-refractivity contribution in [3.8, 4) is 12.3 Å². The molecule has 0 saturated carbocycles. The van der Waals surface area contributed by atoms with Gasteiger partial charge in [0.2, 0.25) is 0 Å². The lowest BCUT2D eigenvalue weighted by Crippen LogP contribution is -2.25. The highest BCUT2D eigenvalue weighted by Crippen LogP contribution is 2.12. The molecule has 6 heteroatoms. The van der Waals surface area contributed by atoms with Gasteiger partial charge in [-0.3, -0.25) is 9.48 Å². The van der Waals surface area contributed by atoms with Crippen LogP contribution in [0.3, 0.4) is 0 Å². The molecule has 2 aromatic rings. The second-order valence-corrected chi connectivity index (χ2v) is 3.77. The minimum atomic E-state index is -0.245. The summed E-state index contributed by atoms with van der Waals surface area (Å²) in [6.07, 6.45) is 6.89. The topological polar surface area (TPSA) is 65.6 Å². The van der Waals surface area contributed by atoms with E-state index in [1.807, 2.05) is 6.92 Å². The van der Waals surface area contributed by atoms with E-state index in [9.17, 15) is 4.79 Å². The molecule has 0 aliphatic rings. The summed E-state index contributed by atoms with van der Waals surface area (Å²) in [6, 6.07) is 0. The molecule has 2 heterocycles. The maximum absolute atomic E-state index is 12.1. The predicted molar refractivity (Wildman–Crippen MR) is 63.4 cm³/mol. The van der Waals surface area contributed by atoms with Crippen LogP contribution in [0, 0.1) is 12.3 Å². The van der Waals surface area contributed by atoms with Crippen molar-refractivity contribution < 1.29 is 0 Å². The average molecular weight is 231 g/mol. The lowest BCUT2D eigenvalue weighted by atomic mass is 10.2. The lowest BCUT2D eigenvalue weighted by molar-refractivity contribution is 0.615. The minimum absolute atomic E-state index is 0.121. The van der Waals surface area contributed by atoms with Crippen LogP contribution in [-0.4, -0.2) is 24.8 Å². The van der Waals surface area contributed by atoms with Crippen LogP contribution < -0.4 is 5.56 Å². The first kappa shape index (κ1) is 11.3. The fraction of sp³-hybridized carbons (Fsp3) is 0.455. The van der Waals surface area contributed by atoms with Gasteiger partial charge >= 0.3 is 0 Å². The normalized spacial score (nSPS) is 10.6. The molecule has 17 heavy (non-hydrogen) atoms. The summed E-state index contributed by atoms with van der Waals surface area (Å²) in [5.74, 6) is 2.37. The molecule has 0 saturated heterocycles. The van der Waals surface area contributed by atoms with Crippen molar-refractivity contribution in [2.24, 2.45) is 7.05 Å². The van der Waals surface area contributed by atoms with E-state index in [2.05, 4.69) is 21.3 Å². The Hall–Kier alpha value is -2.16. The zero-order valence-corrected chi connectivity index (χ0v) is 9.84. The Morgan fingerprint density at radius 3 is 2.88 bits per heavy atom. The van der Waals surface area contributed by atoms with E-state index >= 15 is 0 Å². The van der Waals surface area contributed by atoms with Crippen molar-refractivity contribution in [2.75, 3.05) is 0 Å². The van der Waals surface area contributed by atoms with Crippen LogP contribution in [0.5, 0.6) is 0 Å². The third-order valence-corrected chi connectivity index (χ3v) is 2.51. The molecule has 2 aromatic heterocycles. The van der Waals surface area contributed by atoms with Gasteiger partial charge in [-0.2, -0.15) is 9.78 Å². The third kappa shape index (κ3) is 1.80. The van der Waals surface area contributed by atoms with Crippen molar-refractivity contribution in [2.45, 2.75) is 26.3 Å². The maximum atomic E-state index is 12.1. The van der Waals surface area contributed by atoms with Crippen LogP contribution in [0.25, 0.3) is 11.0 Å². The molecule has 6 nitrogen and oxygen atoms in total. The third-order valence-electron chi connectivity index (χ3n) is 2.51. The summed E-state index contributed by atoms with van der Waals surface area (Å²) in [7, 11) is 1.73. The zero-order valence-electron chi connectivity index (χ0n) is 9.84. The summed E-state index contributed by atoms with van der Waals surface area (Å²) in [5.41, 5.74) is 1.60. The number of hydrogen-bond donors (Lipinski definition) is 0. The van der Waals surface area contributed by atoms with E-state index in [1.165, 1.54) is 4.68 Å². The summed E-state index contributed by atoms with van der Waals surface area (Å²) < 4.78 is 2.71. The fourth-order valence-corrected chi connectivity index (χ4v) is 1.77. The Morgan fingerprint density at radius 2 is 2.24 bits per heavy atom. The zero-order chi connectivity index (χ0) is 12.4. The molecular weight excluding hydrogens is 218 g/mol. The molecular formula is C11H13N5O. The van der Waals surface area contributed by atoms with Crippen molar-refractivity contribution in [3.63, 3.8) is 0 Å². The second kappa shape index (κ2) is 4.37. The van der Waals surface area contributed by atoms with Gasteiger partial charge in [-0.15, -0.1) is 11.5 Å². The van der Waals surface area contributed by atoms with Gasteiger partial charge < -0.3 is 0 Å². The molecule has 0 spiro atoms. The number of nitrogens with zero attached hydrogens (tertiary/aromatic N) is 5. The Labute approximate surface area is 98.2 Å². The van der Waals surface area contributed by atoms with Crippen molar-refractivity contribution >= 4 is 11.0 Å². The number of terminal acetylenes is 1. The van der Waals surface area contributed by atoms with Crippen molar-refractivity contribution in [1.82, 2.24) is 24.8 Å². The molecule has 2 rings (SSSR count). The molecule has 0 fully saturated rings. The van der Waals surface area contributed by atoms with Crippen molar-refractivity contribution in [1.29, 1.82) is 0 Å². The average Bonchev–Trinajstić information content (AvgIpc) is 2.61. The number of aryl methyl sites for hydroxylation is 2. The van der Waals surface area contributed by atoms with Crippen LogP contribution in [0.4, 0.5) is 0 Å². The molecule has 0 N–H and O–H groups in total. The van der Waals surface area contributed by atoms with Gasteiger partial charge in [0, 0.05) is 7.05 Å². The van der Waals surface area contributed by atoms with Gasteiger partial charge in [0.15, 0.2) is 5.52 Å². The summed E-state index contributed by atoms with van der Waals surface area (Å²) in [5, 5.41) is 12.1. The fourth-order valence-electron chi connectivity index (χ4n) is 1.77. The predicted octanol–water partition coefficient (Wildman–Crippen LogP) is 0.111. The highest BCUT2D eigenvalue weighted by atomic mass is 16.1. The Kier molecular flexibility index (Phi) is 2.91.